The summed E-state index contributed by atoms with van der Waals surface area (Å²) in [5.41, 5.74) is 3.32. The molecule has 0 unspecified atom stereocenters. The first kappa shape index (κ1) is 13.8. The van der Waals surface area contributed by atoms with Gasteiger partial charge in [-0.15, -0.1) is 0 Å². The quantitative estimate of drug-likeness (QED) is 0.905. The van der Waals surface area contributed by atoms with E-state index in [1.165, 1.54) is 11.1 Å². The molecule has 0 bridgehead atoms. The zero-order valence-electron chi connectivity index (χ0n) is 12.2. The van der Waals surface area contributed by atoms with Crippen LogP contribution in [0.2, 0.25) is 0 Å². The fourth-order valence-electron chi connectivity index (χ4n) is 2.56. The van der Waals surface area contributed by atoms with Gasteiger partial charge in [0.2, 0.25) is 6.79 Å². The SMILES string of the molecule is Cc1ccccc1[C@@H](C)NCc1cc2c(cc1O)OCO2. The second kappa shape index (κ2) is 5.66. The summed E-state index contributed by atoms with van der Waals surface area (Å²) >= 11 is 0. The summed E-state index contributed by atoms with van der Waals surface area (Å²) in [5.74, 6) is 1.51. The van der Waals surface area contributed by atoms with Crippen molar-refractivity contribution >= 4 is 0 Å². The Balaban J connectivity index is 1.72. The van der Waals surface area contributed by atoms with E-state index in [0.29, 0.717) is 18.0 Å². The number of hydrogen-bond donors (Lipinski definition) is 2. The predicted octanol–water partition coefficient (Wildman–Crippen LogP) is 3.28. The molecule has 1 aliphatic heterocycles. The highest BCUT2D eigenvalue weighted by molar-refractivity contribution is 5.51. The minimum Gasteiger partial charge on any atom is -0.507 e. The summed E-state index contributed by atoms with van der Waals surface area (Å²) in [5, 5.41) is 13.5. The molecule has 2 N–H and O–H groups in total. The zero-order chi connectivity index (χ0) is 14.8. The van der Waals surface area contributed by atoms with Crippen LogP contribution in [0.3, 0.4) is 0 Å². The molecule has 0 aliphatic carbocycles. The van der Waals surface area contributed by atoms with Crippen LogP contribution in [0, 0.1) is 6.92 Å². The minimum absolute atomic E-state index is 0.205. The number of phenolic OH excluding ortho intramolecular Hbond substituents is 1. The highest BCUT2D eigenvalue weighted by atomic mass is 16.7. The van der Waals surface area contributed by atoms with Gasteiger partial charge >= 0.3 is 0 Å². The maximum atomic E-state index is 10.0. The van der Waals surface area contributed by atoms with E-state index in [2.05, 4.69) is 31.3 Å². The number of fused-ring (bicyclic) bond motifs is 1. The molecular formula is C17H19NO3. The molecule has 3 rings (SSSR count). The predicted molar refractivity (Wildman–Crippen MR) is 80.7 cm³/mol. The van der Waals surface area contributed by atoms with E-state index >= 15 is 0 Å². The molecule has 1 atom stereocenters. The van der Waals surface area contributed by atoms with E-state index in [9.17, 15) is 5.11 Å². The van der Waals surface area contributed by atoms with Crippen LogP contribution in [-0.4, -0.2) is 11.9 Å². The van der Waals surface area contributed by atoms with Gasteiger partial charge in [-0.25, -0.2) is 0 Å². The van der Waals surface area contributed by atoms with Gasteiger partial charge in [0.05, 0.1) is 0 Å². The number of nitrogens with one attached hydrogen (secondary N) is 1. The van der Waals surface area contributed by atoms with Crippen LogP contribution < -0.4 is 14.8 Å². The van der Waals surface area contributed by atoms with E-state index in [1.54, 1.807) is 6.07 Å². The highest BCUT2D eigenvalue weighted by Gasteiger charge is 2.17. The van der Waals surface area contributed by atoms with Gasteiger partial charge in [-0.05, 0) is 31.0 Å². The molecule has 0 aromatic heterocycles. The van der Waals surface area contributed by atoms with Crippen molar-refractivity contribution in [3.63, 3.8) is 0 Å². The van der Waals surface area contributed by atoms with E-state index < -0.39 is 0 Å². The Kier molecular flexibility index (Phi) is 3.71. The molecule has 2 aromatic carbocycles. The summed E-state index contributed by atoms with van der Waals surface area (Å²) < 4.78 is 10.6. The maximum absolute atomic E-state index is 10.0. The van der Waals surface area contributed by atoms with Crippen LogP contribution >= 0.6 is 0 Å². The van der Waals surface area contributed by atoms with Crippen molar-refractivity contribution in [1.29, 1.82) is 0 Å². The highest BCUT2D eigenvalue weighted by Crippen LogP contribution is 2.37. The molecule has 0 fully saturated rings. The Morgan fingerprint density at radius 1 is 1.19 bits per heavy atom. The summed E-state index contributed by atoms with van der Waals surface area (Å²) in [6.45, 7) is 5.00. The molecule has 1 aliphatic rings. The topological polar surface area (TPSA) is 50.7 Å². The number of ether oxygens (including phenoxy) is 2. The third-order valence-corrected chi connectivity index (χ3v) is 3.83. The fraction of sp³-hybridized carbons (Fsp3) is 0.294. The molecule has 0 saturated carbocycles. The average Bonchev–Trinajstić information content (AvgIpc) is 2.92. The van der Waals surface area contributed by atoms with Gasteiger partial charge in [0, 0.05) is 24.2 Å². The number of phenols is 1. The smallest absolute Gasteiger partial charge is 0.231 e. The van der Waals surface area contributed by atoms with Gasteiger partial charge in [-0.1, -0.05) is 24.3 Å². The summed E-state index contributed by atoms with van der Waals surface area (Å²) in [7, 11) is 0. The van der Waals surface area contributed by atoms with Crippen molar-refractivity contribution in [3.05, 3.63) is 53.1 Å². The van der Waals surface area contributed by atoms with E-state index in [1.807, 2.05) is 18.2 Å². The molecule has 0 spiro atoms. The second-order valence-electron chi connectivity index (χ2n) is 5.29. The molecule has 21 heavy (non-hydrogen) atoms. The van der Waals surface area contributed by atoms with Crippen molar-refractivity contribution in [2.75, 3.05) is 6.79 Å². The van der Waals surface area contributed by atoms with Crippen LogP contribution in [0.25, 0.3) is 0 Å². The second-order valence-corrected chi connectivity index (χ2v) is 5.29. The molecule has 0 saturated heterocycles. The molecule has 1 heterocycles. The van der Waals surface area contributed by atoms with E-state index in [0.717, 1.165) is 5.56 Å². The molecule has 0 radical (unpaired) electrons. The van der Waals surface area contributed by atoms with Crippen molar-refractivity contribution in [3.8, 4) is 17.2 Å². The van der Waals surface area contributed by atoms with Crippen molar-refractivity contribution in [2.24, 2.45) is 0 Å². The summed E-state index contributed by atoms with van der Waals surface area (Å²) in [6, 6.07) is 11.9. The van der Waals surface area contributed by atoms with Gasteiger partial charge in [0.25, 0.3) is 0 Å². The van der Waals surface area contributed by atoms with Crippen molar-refractivity contribution in [1.82, 2.24) is 5.32 Å². The van der Waals surface area contributed by atoms with Crippen LogP contribution in [0.15, 0.2) is 36.4 Å². The standard InChI is InChI=1S/C17H19NO3/c1-11-5-3-4-6-14(11)12(2)18-9-13-7-16-17(8-15(13)19)21-10-20-16/h3-8,12,18-19H,9-10H2,1-2H3/t12-/m1/s1. The third kappa shape index (κ3) is 2.81. The van der Waals surface area contributed by atoms with Crippen LogP contribution in [0.5, 0.6) is 17.2 Å². The number of benzene rings is 2. The lowest BCUT2D eigenvalue weighted by atomic mass is 10.0. The molecular weight excluding hydrogens is 266 g/mol. The summed E-state index contributed by atoms with van der Waals surface area (Å²) in [4.78, 5) is 0. The normalized spacial score (nSPS) is 14.2. The van der Waals surface area contributed by atoms with Gasteiger partial charge in [0.1, 0.15) is 5.75 Å². The fourth-order valence-corrected chi connectivity index (χ4v) is 2.56. The molecule has 0 amide bonds. The van der Waals surface area contributed by atoms with Crippen LogP contribution in [-0.2, 0) is 6.54 Å². The first-order valence-electron chi connectivity index (χ1n) is 7.05. The van der Waals surface area contributed by atoms with Gasteiger partial charge in [-0.3, -0.25) is 0 Å². The lowest BCUT2D eigenvalue weighted by Gasteiger charge is -2.17. The summed E-state index contributed by atoms with van der Waals surface area (Å²) in [6.07, 6.45) is 0. The Bertz CT molecular complexity index is 654. The molecule has 110 valence electrons. The van der Waals surface area contributed by atoms with E-state index in [-0.39, 0.29) is 18.6 Å². The number of hydrogen-bond acceptors (Lipinski definition) is 4. The Hall–Kier alpha value is -2.20. The van der Waals surface area contributed by atoms with Gasteiger partial charge in [-0.2, -0.15) is 0 Å². The van der Waals surface area contributed by atoms with Crippen LogP contribution in [0.4, 0.5) is 0 Å². The van der Waals surface area contributed by atoms with Crippen molar-refractivity contribution in [2.45, 2.75) is 26.4 Å². The van der Waals surface area contributed by atoms with Crippen LogP contribution in [0.1, 0.15) is 29.7 Å². The molecule has 2 aromatic rings. The van der Waals surface area contributed by atoms with E-state index in [4.69, 9.17) is 9.47 Å². The average molecular weight is 285 g/mol. The Morgan fingerprint density at radius 3 is 2.67 bits per heavy atom. The number of rotatable bonds is 4. The zero-order valence-corrected chi connectivity index (χ0v) is 12.2. The molecule has 4 nitrogen and oxygen atoms in total. The maximum Gasteiger partial charge on any atom is 0.231 e. The van der Waals surface area contributed by atoms with Gasteiger partial charge in [0.15, 0.2) is 11.5 Å². The Morgan fingerprint density at radius 2 is 1.90 bits per heavy atom. The number of aryl methyl sites for hydroxylation is 1. The lowest BCUT2D eigenvalue weighted by Crippen LogP contribution is -2.18. The number of aromatic hydroxyl groups is 1. The van der Waals surface area contributed by atoms with Gasteiger partial charge < -0.3 is 19.9 Å². The molecule has 4 heteroatoms. The minimum atomic E-state index is 0.205. The Labute approximate surface area is 124 Å². The first-order valence-corrected chi connectivity index (χ1v) is 7.05. The third-order valence-electron chi connectivity index (χ3n) is 3.83. The monoisotopic (exact) mass is 285 g/mol. The lowest BCUT2D eigenvalue weighted by molar-refractivity contribution is 0.174. The van der Waals surface area contributed by atoms with Crippen molar-refractivity contribution < 1.29 is 14.6 Å². The first-order chi connectivity index (χ1) is 10.1. The largest absolute Gasteiger partial charge is 0.507 e.